The maximum atomic E-state index is 13.3. The first-order chi connectivity index (χ1) is 11.4. The van der Waals surface area contributed by atoms with Crippen LogP contribution < -0.4 is 10.2 Å². The molecule has 1 unspecified atom stereocenters. The van der Waals surface area contributed by atoms with E-state index in [-0.39, 0.29) is 23.8 Å². The van der Waals surface area contributed by atoms with Crippen molar-refractivity contribution in [2.45, 2.75) is 12.5 Å². The van der Waals surface area contributed by atoms with Gasteiger partial charge in [-0.3, -0.25) is 4.79 Å². The highest BCUT2D eigenvalue weighted by Crippen LogP contribution is 2.41. The van der Waals surface area contributed by atoms with E-state index >= 15 is 0 Å². The SMILES string of the molecule is O=C1NCC(O)CC12CN(c1nc(-c3cc(F)cc(F)c3)ns1)C2. The lowest BCUT2D eigenvalue weighted by molar-refractivity contribution is -0.139. The minimum Gasteiger partial charge on any atom is -0.391 e. The van der Waals surface area contributed by atoms with Crippen molar-refractivity contribution >= 4 is 22.6 Å². The average molecular weight is 352 g/mol. The van der Waals surface area contributed by atoms with Crippen molar-refractivity contribution in [1.82, 2.24) is 14.7 Å². The summed E-state index contributed by atoms with van der Waals surface area (Å²) in [6.07, 6.45) is -0.110. The van der Waals surface area contributed by atoms with Crippen LogP contribution in [0.1, 0.15) is 6.42 Å². The number of hydrogen-bond acceptors (Lipinski definition) is 6. The van der Waals surface area contributed by atoms with Gasteiger partial charge in [0.25, 0.3) is 0 Å². The molecule has 1 atom stereocenters. The summed E-state index contributed by atoms with van der Waals surface area (Å²) in [6, 6.07) is 3.15. The van der Waals surface area contributed by atoms with Crippen LogP contribution in [0.2, 0.25) is 0 Å². The van der Waals surface area contributed by atoms with Crippen LogP contribution in [0.4, 0.5) is 13.9 Å². The van der Waals surface area contributed by atoms with Crippen LogP contribution >= 0.6 is 11.5 Å². The zero-order valence-electron chi connectivity index (χ0n) is 12.5. The Bertz CT molecular complexity index is 786. The molecule has 2 aliphatic heterocycles. The van der Waals surface area contributed by atoms with Gasteiger partial charge >= 0.3 is 0 Å². The zero-order chi connectivity index (χ0) is 16.9. The number of aromatic nitrogens is 2. The number of benzene rings is 1. The number of aliphatic hydroxyl groups excluding tert-OH is 1. The van der Waals surface area contributed by atoms with E-state index in [1.165, 1.54) is 12.1 Å². The third-order valence-electron chi connectivity index (χ3n) is 4.40. The normalized spacial score (nSPS) is 22.4. The third-order valence-corrected chi connectivity index (χ3v) is 5.18. The Balaban J connectivity index is 1.52. The van der Waals surface area contributed by atoms with Gasteiger partial charge in [-0.15, -0.1) is 0 Å². The molecule has 1 aromatic heterocycles. The predicted molar refractivity (Wildman–Crippen MR) is 83.5 cm³/mol. The Morgan fingerprint density at radius 3 is 2.71 bits per heavy atom. The van der Waals surface area contributed by atoms with Crippen molar-refractivity contribution in [3.05, 3.63) is 29.8 Å². The topological polar surface area (TPSA) is 78.4 Å². The molecule has 24 heavy (non-hydrogen) atoms. The van der Waals surface area contributed by atoms with Gasteiger partial charge in [-0.2, -0.15) is 9.36 Å². The van der Waals surface area contributed by atoms with Gasteiger partial charge in [-0.05, 0) is 18.6 Å². The molecule has 1 amide bonds. The Morgan fingerprint density at radius 1 is 1.29 bits per heavy atom. The maximum absolute atomic E-state index is 13.3. The summed E-state index contributed by atoms with van der Waals surface area (Å²) in [6.45, 7) is 1.18. The first-order valence-corrected chi connectivity index (χ1v) is 8.24. The number of rotatable bonds is 2. The van der Waals surface area contributed by atoms with Gasteiger partial charge in [-0.25, -0.2) is 8.78 Å². The number of carbonyl (C=O) groups excluding carboxylic acids is 1. The number of anilines is 1. The van der Waals surface area contributed by atoms with E-state index in [0.29, 0.717) is 24.6 Å². The molecule has 0 radical (unpaired) electrons. The number of hydrogen-bond donors (Lipinski definition) is 2. The van der Waals surface area contributed by atoms with E-state index < -0.39 is 23.2 Å². The van der Waals surface area contributed by atoms with Gasteiger partial charge in [0, 0.05) is 42.8 Å². The molecule has 1 spiro atoms. The number of nitrogens with zero attached hydrogens (tertiary/aromatic N) is 3. The van der Waals surface area contributed by atoms with Gasteiger partial charge in [-0.1, -0.05) is 0 Å². The van der Waals surface area contributed by atoms with E-state index in [2.05, 4.69) is 14.7 Å². The highest BCUT2D eigenvalue weighted by Gasteiger charge is 2.53. The summed E-state index contributed by atoms with van der Waals surface area (Å²) >= 11 is 1.12. The number of halogens is 2. The molecule has 2 N–H and O–H groups in total. The summed E-state index contributed by atoms with van der Waals surface area (Å²) < 4.78 is 30.8. The Morgan fingerprint density at radius 2 is 2.00 bits per heavy atom. The van der Waals surface area contributed by atoms with Crippen LogP contribution in [0.5, 0.6) is 0 Å². The Hall–Kier alpha value is -2.13. The molecular formula is C15H14F2N4O2S. The van der Waals surface area contributed by atoms with Gasteiger partial charge in [0.05, 0.1) is 11.5 Å². The van der Waals surface area contributed by atoms with Crippen molar-refractivity contribution in [2.24, 2.45) is 5.41 Å². The highest BCUT2D eigenvalue weighted by molar-refractivity contribution is 7.09. The zero-order valence-corrected chi connectivity index (χ0v) is 13.3. The molecule has 0 saturated carbocycles. The molecular weight excluding hydrogens is 338 g/mol. The van der Waals surface area contributed by atoms with Crippen molar-refractivity contribution < 1.29 is 18.7 Å². The van der Waals surface area contributed by atoms with E-state index in [1.807, 2.05) is 4.90 Å². The molecule has 4 rings (SSSR count). The number of piperidine rings is 1. The average Bonchev–Trinajstić information content (AvgIpc) is 2.96. The summed E-state index contributed by atoms with van der Waals surface area (Å²) in [5.74, 6) is -1.17. The monoisotopic (exact) mass is 352 g/mol. The van der Waals surface area contributed by atoms with Crippen LogP contribution in [0, 0.1) is 17.0 Å². The molecule has 1 aromatic carbocycles. The smallest absolute Gasteiger partial charge is 0.230 e. The van der Waals surface area contributed by atoms with Gasteiger partial charge in [0.2, 0.25) is 11.0 Å². The molecule has 0 aliphatic carbocycles. The third kappa shape index (κ3) is 2.53. The lowest BCUT2D eigenvalue weighted by Gasteiger charge is -2.51. The van der Waals surface area contributed by atoms with Gasteiger partial charge in [0.1, 0.15) is 11.6 Å². The van der Waals surface area contributed by atoms with Crippen molar-refractivity contribution in [2.75, 3.05) is 24.5 Å². The van der Waals surface area contributed by atoms with Crippen LogP contribution in [0.3, 0.4) is 0 Å². The number of carbonyl (C=O) groups is 1. The van der Waals surface area contributed by atoms with Crippen molar-refractivity contribution in [3.8, 4) is 11.4 Å². The Kier molecular flexibility index (Phi) is 3.50. The second-order valence-electron chi connectivity index (χ2n) is 6.26. The van der Waals surface area contributed by atoms with Gasteiger partial charge in [0.15, 0.2) is 5.82 Å². The summed E-state index contributed by atoms with van der Waals surface area (Å²) in [5.41, 5.74) is -0.315. The quantitative estimate of drug-likeness (QED) is 0.848. The van der Waals surface area contributed by atoms with Crippen molar-refractivity contribution in [3.63, 3.8) is 0 Å². The maximum Gasteiger partial charge on any atom is 0.230 e. The summed E-state index contributed by atoms with van der Waals surface area (Å²) in [5, 5.41) is 13.1. The first kappa shape index (κ1) is 15.4. The standard InChI is InChI=1S/C15H14F2N4O2S/c16-9-1-8(2-10(17)3-9)12-19-14(24-20-12)21-6-15(7-21)4-11(22)5-18-13(15)23/h1-3,11,22H,4-7H2,(H,18,23). The number of nitrogens with one attached hydrogen (secondary N) is 1. The number of aliphatic hydroxyl groups is 1. The second kappa shape index (κ2) is 5.45. The Labute approximate surface area is 140 Å². The fourth-order valence-electron chi connectivity index (χ4n) is 3.25. The van der Waals surface area contributed by atoms with Crippen LogP contribution in [0.15, 0.2) is 18.2 Å². The minimum atomic E-state index is -0.683. The lowest BCUT2D eigenvalue weighted by atomic mass is 9.72. The fraction of sp³-hybridized carbons (Fsp3) is 0.400. The van der Waals surface area contributed by atoms with Crippen LogP contribution in [0.25, 0.3) is 11.4 Å². The van der Waals surface area contributed by atoms with E-state index in [0.717, 1.165) is 17.6 Å². The molecule has 2 aliphatic rings. The first-order valence-electron chi connectivity index (χ1n) is 7.47. The second-order valence-corrected chi connectivity index (χ2v) is 6.99. The number of amides is 1. The molecule has 0 bridgehead atoms. The molecule has 126 valence electrons. The molecule has 2 saturated heterocycles. The summed E-state index contributed by atoms with van der Waals surface area (Å²) in [4.78, 5) is 18.3. The minimum absolute atomic E-state index is 0.0546. The summed E-state index contributed by atoms with van der Waals surface area (Å²) in [7, 11) is 0. The highest BCUT2D eigenvalue weighted by atomic mass is 32.1. The van der Waals surface area contributed by atoms with E-state index in [9.17, 15) is 18.7 Å². The number of β-amino-alcohol motifs (C(OH)–C–C–N with tert-alkyl or cyclic N) is 1. The van der Waals surface area contributed by atoms with Crippen LogP contribution in [-0.2, 0) is 4.79 Å². The molecule has 2 aromatic rings. The molecule has 2 fully saturated rings. The lowest BCUT2D eigenvalue weighted by Crippen LogP contribution is -2.67. The molecule has 3 heterocycles. The van der Waals surface area contributed by atoms with Crippen LogP contribution in [-0.4, -0.2) is 46.1 Å². The van der Waals surface area contributed by atoms with E-state index in [4.69, 9.17) is 0 Å². The van der Waals surface area contributed by atoms with E-state index in [1.54, 1.807) is 0 Å². The fourth-order valence-corrected chi connectivity index (χ4v) is 3.94. The largest absolute Gasteiger partial charge is 0.391 e. The van der Waals surface area contributed by atoms with Crippen molar-refractivity contribution in [1.29, 1.82) is 0 Å². The van der Waals surface area contributed by atoms with Gasteiger partial charge < -0.3 is 15.3 Å². The molecule has 6 nitrogen and oxygen atoms in total. The molecule has 9 heteroatoms. The predicted octanol–water partition coefficient (Wildman–Crippen LogP) is 1.17.